The zero-order valence-corrected chi connectivity index (χ0v) is 15.7. The summed E-state index contributed by atoms with van der Waals surface area (Å²) in [5.74, 6) is 0. The van der Waals surface area contributed by atoms with E-state index in [1.54, 1.807) is 0 Å². The maximum absolute atomic E-state index is 2.52. The summed E-state index contributed by atoms with van der Waals surface area (Å²) in [7, 11) is 4.14. The second-order valence-electron chi connectivity index (χ2n) is 7.01. The summed E-state index contributed by atoms with van der Waals surface area (Å²) in [6, 6.07) is 17.6. The molecule has 0 N–H and O–H groups in total. The van der Waals surface area contributed by atoms with Gasteiger partial charge < -0.3 is 9.80 Å². The molecule has 1 heterocycles. The number of nitrogens with zero attached hydrogens (tertiary/aromatic N) is 3. The molecule has 1 aliphatic heterocycles. The molecule has 1 aliphatic rings. The summed E-state index contributed by atoms with van der Waals surface area (Å²) in [5.41, 5.74) is 5.18. The van der Waals surface area contributed by atoms with E-state index in [9.17, 15) is 0 Å². The third-order valence-electron chi connectivity index (χ3n) is 4.85. The molecule has 3 nitrogen and oxygen atoms in total. The van der Waals surface area contributed by atoms with Crippen molar-refractivity contribution in [2.75, 3.05) is 56.6 Å². The Morgan fingerprint density at radius 1 is 0.880 bits per heavy atom. The van der Waals surface area contributed by atoms with Crippen LogP contribution in [-0.4, -0.2) is 51.7 Å². The van der Waals surface area contributed by atoms with Gasteiger partial charge >= 0.3 is 0 Å². The molecule has 3 rings (SSSR count). The molecule has 0 aromatic heterocycles. The van der Waals surface area contributed by atoms with Crippen molar-refractivity contribution in [3.05, 3.63) is 65.7 Å². The van der Waals surface area contributed by atoms with Gasteiger partial charge in [0, 0.05) is 58.2 Å². The Bertz CT molecular complexity index is 678. The van der Waals surface area contributed by atoms with Crippen LogP contribution in [0.1, 0.15) is 11.1 Å². The van der Waals surface area contributed by atoms with Crippen molar-refractivity contribution < 1.29 is 0 Å². The minimum absolute atomic E-state index is 1.02. The molecule has 0 amide bonds. The van der Waals surface area contributed by atoms with Crippen molar-refractivity contribution in [2.45, 2.75) is 6.92 Å². The van der Waals surface area contributed by atoms with Crippen LogP contribution in [-0.2, 0) is 0 Å². The summed E-state index contributed by atoms with van der Waals surface area (Å²) >= 11 is 0. The van der Waals surface area contributed by atoms with Crippen molar-refractivity contribution in [1.82, 2.24) is 4.90 Å². The van der Waals surface area contributed by atoms with Crippen LogP contribution in [0.4, 0.5) is 11.4 Å². The van der Waals surface area contributed by atoms with Crippen LogP contribution in [0.2, 0.25) is 0 Å². The van der Waals surface area contributed by atoms with Crippen LogP contribution >= 0.6 is 0 Å². The fourth-order valence-corrected chi connectivity index (χ4v) is 3.17. The second kappa shape index (κ2) is 8.21. The number of benzene rings is 2. The van der Waals surface area contributed by atoms with E-state index in [4.69, 9.17) is 0 Å². The SMILES string of the molecule is Cc1ccc(N2CCN(C/C=C/c3ccc(N(C)C)cc3)CC2)cc1. The van der Waals surface area contributed by atoms with Crippen molar-refractivity contribution >= 4 is 17.5 Å². The van der Waals surface area contributed by atoms with Crippen LogP contribution in [0.5, 0.6) is 0 Å². The molecule has 0 bridgehead atoms. The normalized spacial score (nSPS) is 15.7. The Balaban J connectivity index is 1.46. The molecule has 0 atom stereocenters. The lowest BCUT2D eigenvalue weighted by atomic mass is 10.2. The Labute approximate surface area is 152 Å². The van der Waals surface area contributed by atoms with Crippen molar-refractivity contribution in [1.29, 1.82) is 0 Å². The standard InChI is InChI=1S/C22H29N3/c1-19-6-10-22(11-7-19)25-17-15-24(16-18-25)14-4-5-20-8-12-21(13-9-20)23(2)3/h4-13H,14-18H2,1-3H3/b5-4+. The molecule has 132 valence electrons. The van der Waals surface area contributed by atoms with E-state index in [1.165, 1.54) is 22.5 Å². The van der Waals surface area contributed by atoms with Gasteiger partial charge in [0.15, 0.2) is 0 Å². The molecule has 0 unspecified atom stereocenters. The molecule has 3 heteroatoms. The fraction of sp³-hybridized carbons (Fsp3) is 0.364. The maximum Gasteiger partial charge on any atom is 0.0367 e. The van der Waals surface area contributed by atoms with Gasteiger partial charge in [0.2, 0.25) is 0 Å². The molecular weight excluding hydrogens is 306 g/mol. The van der Waals surface area contributed by atoms with E-state index < -0.39 is 0 Å². The van der Waals surface area contributed by atoms with Gasteiger partial charge in [-0.1, -0.05) is 42.0 Å². The van der Waals surface area contributed by atoms with Gasteiger partial charge in [0.25, 0.3) is 0 Å². The van der Waals surface area contributed by atoms with Gasteiger partial charge in [-0.25, -0.2) is 0 Å². The van der Waals surface area contributed by atoms with Gasteiger partial charge in [-0.3, -0.25) is 4.90 Å². The number of anilines is 2. The van der Waals surface area contributed by atoms with Gasteiger partial charge in [-0.2, -0.15) is 0 Å². The number of rotatable bonds is 5. The minimum Gasteiger partial charge on any atom is -0.378 e. The molecule has 1 fully saturated rings. The van der Waals surface area contributed by atoms with Crippen molar-refractivity contribution in [3.63, 3.8) is 0 Å². The summed E-state index contributed by atoms with van der Waals surface area (Å²) in [6.07, 6.45) is 4.51. The third kappa shape index (κ3) is 4.86. The summed E-state index contributed by atoms with van der Waals surface area (Å²) in [6.45, 7) is 7.62. The highest BCUT2D eigenvalue weighted by Gasteiger charge is 2.15. The highest BCUT2D eigenvalue weighted by molar-refractivity contribution is 5.55. The molecule has 1 saturated heterocycles. The first-order chi connectivity index (χ1) is 12.1. The number of hydrogen-bond acceptors (Lipinski definition) is 3. The second-order valence-corrected chi connectivity index (χ2v) is 7.01. The highest BCUT2D eigenvalue weighted by Crippen LogP contribution is 2.17. The van der Waals surface area contributed by atoms with Gasteiger partial charge in [-0.05, 0) is 36.8 Å². The van der Waals surface area contributed by atoms with Crippen molar-refractivity contribution in [3.8, 4) is 0 Å². The number of hydrogen-bond donors (Lipinski definition) is 0. The molecular formula is C22H29N3. The molecule has 0 spiro atoms. The lowest BCUT2D eigenvalue weighted by Gasteiger charge is -2.35. The monoisotopic (exact) mass is 335 g/mol. The summed E-state index contributed by atoms with van der Waals surface area (Å²) < 4.78 is 0. The third-order valence-corrected chi connectivity index (χ3v) is 4.85. The maximum atomic E-state index is 2.52. The molecule has 0 radical (unpaired) electrons. The smallest absolute Gasteiger partial charge is 0.0367 e. The summed E-state index contributed by atoms with van der Waals surface area (Å²) in [4.78, 5) is 7.13. The van der Waals surface area contributed by atoms with Crippen LogP contribution in [0, 0.1) is 6.92 Å². The zero-order chi connectivity index (χ0) is 17.6. The fourth-order valence-electron chi connectivity index (χ4n) is 3.17. The first-order valence-corrected chi connectivity index (χ1v) is 9.10. The van der Waals surface area contributed by atoms with E-state index in [2.05, 4.69) is 96.4 Å². The van der Waals surface area contributed by atoms with E-state index in [1.807, 2.05) is 0 Å². The van der Waals surface area contributed by atoms with Crippen LogP contribution in [0.15, 0.2) is 54.6 Å². The van der Waals surface area contributed by atoms with Crippen LogP contribution in [0.3, 0.4) is 0 Å². The molecule has 2 aromatic carbocycles. The average Bonchev–Trinajstić information content (AvgIpc) is 2.63. The predicted octanol–water partition coefficient (Wildman–Crippen LogP) is 3.90. The van der Waals surface area contributed by atoms with Gasteiger partial charge in [0.1, 0.15) is 0 Å². The molecule has 2 aromatic rings. The lowest BCUT2D eigenvalue weighted by molar-refractivity contribution is 0.284. The van der Waals surface area contributed by atoms with Gasteiger partial charge in [-0.15, -0.1) is 0 Å². The average molecular weight is 335 g/mol. The Kier molecular flexibility index (Phi) is 5.77. The zero-order valence-electron chi connectivity index (χ0n) is 15.7. The van der Waals surface area contributed by atoms with E-state index in [0.717, 1.165) is 32.7 Å². The van der Waals surface area contributed by atoms with Crippen LogP contribution in [0.25, 0.3) is 6.08 Å². The van der Waals surface area contributed by atoms with Crippen LogP contribution < -0.4 is 9.80 Å². The number of piperazine rings is 1. The molecule has 0 saturated carbocycles. The summed E-state index contributed by atoms with van der Waals surface area (Å²) in [5, 5.41) is 0. The predicted molar refractivity (Wildman–Crippen MR) is 110 cm³/mol. The minimum atomic E-state index is 1.02. The van der Waals surface area contributed by atoms with Crippen molar-refractivity contribution in [2.24, 2.45) is 0 Å². The largest absolute Gasteiger partial charge is 0.378 e. The van der Waals surface area contributed by atoms with E-state index in [0.29, 0.717) is 0 Å². The Morgan fingerprint density at radius 2 is 1.52 bits per heavy atom. The first-order valence-electron chi connectivity index (χ1n) is 9.10. The topological polar surface area (TPSA) is 9.72 Å². The first kappa shape index (κ1) is 17.6. The van der Waals surface area contributed by atoms with E-state index in [-0.39, 0.29) is 0 Å². The van der Waals surface area contributed by atoms with Gasteiger partial charge in [0.05, 0.1) is 0 Å². The molecule has 0 aliphatic carbocycles. The quantitative estimate of drug-likeness (QED) is 0.820. The Hall–Kier alpha value is -2.26. The Morgan fingerprint density at radius 3 is 2.12 bits per heavy atom. The number of aryl methyl sites for hydroxylation is 1. The molecule has 25 heavy (non-hydrogen) atoms. The highest BCUT2D eigenvalue weighted by atomic mass is 15.3. The lowest BCUT2D eigenvalue weighted by Crippen LogP contribution is -2.46. The van der Waals surface area contributed by atoms with E-state index >= 15 is 0 Å².